The summed E-state index contributed by atoms with van der Waals surface area (Å²) in [5.74, 6) is 1.24. The quantitative estimate of drug-likeness (QED) is 0.172. The topological polar surface area (TPSA) is 105 Å². The first kappa shape index (κ1) is 23.7. The molecular formula is C28H22N2O7. The molecule has 0 fully saturated rings. The number of fused-ring (bicyclic) bond motifs is 2. The molecule has 9 nitrogen and oxygen atoms in total. The van der Waals surface area contributed by atoms with Crippen LogP contribution in [0.2, 0.25) is 0 Å². The van der Waals surface area contributed by atoms with E-state index < -0.39 is 11.9 Å². The summed E-state index contributed by atoms with van der Waals surface area (Å²) in [6, 6.07) is 20.7. The lowest BCUT2D eigenvalue weighted by Gasteiger charge is -2.12. The number of benzene rings is 4. The summed E-state index contributed by atoms with van der Waals surface area (Å²) >= 11 is 0. The van der Waals surface area contributed by atoms with Crippen LogP contribution in [0.15, 0.2) is 77.9 Å². The van der Waals surface area contributed by atoms with Crippen LogP contribution in [-0.4, -0.2) is 39.1 Å². The predicted octanol–water partition coefficient (Wildman–Crippen LogP) is 4.57. The van der Waals surface area contributed by atoms with Gasteiger partial charge in [0.2, 0.25) is 6.79 Å². The summed E-state index contributed by atoms with van der Waals surface area (Å²) in [6.45, 7) is 0.116. The molecular weight excluding hydrogens is 476 g/mol. The molecule has 0 saturated carbocycles. The minimum atomic E-state index is -0.588. The van der Waals surface area contributed by atoms with E-state index in [9.17, 15) is 9.59 Å². The van der Waals surface area contributed by atoms with Crippen molar-refractivity contribution >= 4 is 28.9 Å². The van der Waals surface area contributed by atoms with E-state index in [1.165, 1.54) is 20.4 Å². The monoisotopic (exact) mass is 498 g/mol. The van der Waals surface area contributed by atoms with Gasteiger partial charge in [0.15, 0.2) is 23.0 Å². The van der Waals surface area contributed by atoms with Crippen LogP contribution < -0.4 is 29.1 Å². The molecule has 9 heteroatoms. The van der Waals surface area contributed by atoms with Crippen molar-refractivity contribution in [3.05, 3.63) is 89.5 Å². The second kappa shape index (κ2) is 10.3. The van der Waals surface area contributed by atoms with Crippen LogP contribution in [0.3, 0.4) is 0 Å². The van der Waals surface area contributed by atoms with E-state index in [2.05, 4.69) is 10.5 Å². The molecule has 0 saturated heterocycles. The van der Waals surface area contributed by atoms with Crippen molar-refractivity contribution in [3.63, 3.8) is 0 Å². The second-order valence-electron chi connectivity index (χ2n) is 7.92. The summed E-state index contributed by atoms with van der Waals surface area (Å²) < 4.78 is 26.9. The van der Waals surface area contributed by atoms with Gasteiger partial charge in [-0.3, -0.25) is 4.79 Å². The molecule has 0 bridgehead atoms. The van der Waals surface area contributed by atoms with Crippen LogP contribution >= 0.6 is 0 Å². The SMILES string of the molecule is COc1ccc(C(=O)Oc2ccc3ccccc3c2/C=N\NC(=O)c2ccc3c(c2)OCO3)cc1OC. The first-order valence-corrected chi connectivity index (χ1v) is 11.3. The van der Waals surface area contributed by atoms with Crippen LogP contribution in [0.1, 0.15) is 26.3 Å². The van der Waals surface area contributed by atoms with Crippen molar-refractivity contribution in [1.29, 1.82) is 0 Å². The lowest BCUT2D eigenvalue weighted by atomic mass is 10.0. The lowest BCUT2D eigenvalue weighted by molar-refractivity contribution is 0.0734. The maximum Gasteiger partial charge on any atom is 0.343 e. The Bertz CT molecular complexity index is 1530. The maximum atomic E-state index is 13.0. The van der Waals surface area contributed by atoms with Gasteiger partial charge in [0.25, 0.3) is 5.91 Å². The fourth-order valence-corrected chi connectivity index (χ4v) is 3.88. The average Bonchev–Trinajstić information content (AvgIpc) is 3.41. The highest BCUT2D eigenvalue weighted by Crippen LogP contribution is 2.33. The molecule has 1 aliphatic rings. The average molecular weight is 498 g/mol. The van der Waals surface area contributed by atoms with Crippen molar-refractivity contribution in [1.82, 2.24) is 5.43 Å². The van der Waals surface area contributed by atoms with Crippen LogP contribution in [0.5, 0.6) is 28.7 Å². The number of ether oxygens (including phenoxy) is 5. The molecule has 0 aromatic heterocycles. The Morgan fingerprint density at radius 3 is 2.43 bits per heavy atom. The third kappa shape index (κ3) is 4.87. The molecule has 0 aliphatic carbocycles. The van der Waals surface area contributed by atoms with Gasteiger partial charge < -0.3 is 23.7 Å². The van der Waals surface area contributed by atoms with E-state index in [1.807, 2.05) is 30.3 Å². The Morgan fingerprint density at radius 2 is 1.59 bits per heavy atom. The molecule has 1 heterocycles. The van der Waals surface area contributed by atoms with Crippen molar-refractivity contribution in [2.24, 2.45) is 5.10 Å². The number of hydrazone groups is 1. The number of amides is 1. The van der Waals surface area contributed by atoms with E-state index in [-0.39, 0.29) is 18.1 Å². The summed E-state index contributed by atoms with van der Waals surface area (Å²) in [7, 11) is 3.00. The highest BCUT2D eigenvalue weighted by atomic mass is 16.7. The molecule has 1 N–H and O–H groups in total. The normalized spacial score (nSPS) is 11.9. The van der Waals surface area contributed by atoms with Crippen LogP contribution in [-0.2, 0) is 0 Å². The third-order valence-electron chi connectivity index (χ3n) is 5.75. The van der Waals surface area contributed by atoms with Gasteiger partial charge in [-0.1, -0.05) is 30.3 Å². The molecule has 4 aromatic rings. The van der Waals surface area contributed by atoms with E-state index >= 15 is 0 Å². The second-order valence-corrected chi connectivity index (χ2v) is 7.92. The molecule has 0 radical (unpaired) electrons. The summed E-state index contributed by atoms with van der Waals surface area (Å²) in [6.07, 6.45) is 1.45. The molecule has 186 valence electrons. The van der Waals surface area contributed by atoms with Gasteiger partial charge in [0.1, 0.15) is 5.75 Å². The zero-order valence-electron chi connectivity index (χ0n) is 20.0. The Hall–Kier alpha value is -5.05. The number of nitrogens with zero attached hydrogens (tertiary/aromatic N) is 1. The molecule has 1 amide bonds. The smallest absolute Gasteiger partial charge is 0.343 e. The number of rotatable bonds is 7. The highest BCUT2D eigenvalue weighted by molar-refractivity contribution is 6.04. The zero-order chi connectivity index (χ0) is 25.8. The number of carbonyl (C=O) groups excluding carboxylic acids is 2. The van der Waals surface area contributed by atoms with E-state index in [1.54, 1.807) is 42.5 Å². The number of nitrogens with one attached hydrogen (secondary N) is 1. The van der Waals surface area contributed by atoms with Crippen LogP contribution in [0.4, 0.5) is 0 Å². The summed E-state index contributed by atoms with van der Waals surface area (Å²) in [4.78, 5) is 25.6. The minimum Gasteiger partial charge on any atom is -0.493 e. The molecule has 4 aromatic carbocycles. The predicted molar refractivity (Wildman–Crippen MR) is 136 cm³/mol. The Labute approximate surface area is 212 Å². The van der Waals surface area contributed by atoms with E-state index in [0.29, 0.717) is 34.1 Å². The maximum absolute atomic E-state index is 13.0. The Kier molecular flexibility index (Phi) is 6.58. The Morgan fingerprint density at radius 1 is 0.838 bits per heavy atom. The largest absolute Gasteiger partial charge is 0.493 e. The Balaban J connectivity index is 1.41. The number of esters is 1. The summed E-state index contributed by atoms with van der Waals surface area (Å²) in [5, 5.41) is 5.83. The minimum absolute atomic E-state index is 0.116. The van der Waals surface area contributed by atoms with Gasteiger partial charge >= 0.3 is 5.97 Å². The molecule has 37 heavy (non-hydrogen) atoms. The van der Waals surface area contributed by atoms with Crippen molar-refractivity contribution in [3.8, 4) is 28.7 Å². The molecule has 1 aliphatic heterocycles. The van der Waals surface area contributed by atoms with Gasteiger partial charge in [-0.25, -0.2) is 10.2 Å². The fraction of sp³-hybridized carbons (Fsp3) is 0.107. The van der Waals surface area contributed by atoms with Crippen molar-refractivity contribution in [2.75, 3.05) is 21.0 Å². The first-order chi connectivity index (χ1) is 18.1. The van der Waals surface area contributed by atoms with Gasteiger partial charge in [-0.05, 0) is 53.2 Å². The molecule has 5 rings (SSSR count). The molecule has 0 unspecified atom stereocenters. The standard InChI is InChI=1S/C28H22N2O7/c1-33-23-11-9-19(14-25(23)34-2)28(32)37-22-10-7-17-5-3-4-6-20(17)21(22)15-29-30-27(31)18-8-12-24-26(13-18)36-16-35-24/h3-15H,16H2,1-2H3,(H,30,31)/b29-15-. The van der Waals surface area contributed by atoms with E-state index in [0.717, 1.165) is 10.8 Å². The van der Waals surface area contributed by atoms with Gasteiger partial charge in [-0.2, -0.15) is 5.10 Å². The number of hydrogen-bond acceptors (Lipinski definition) is 8. The number of methoxy groups -OCH3 is 2. The van der Waals surface area contributed by atoms with Gasteiger partial charge in [0.05, 0.1) is 26.0 Å². The van der Waals surface area contributed by atoms with Crippen LogP contribution in [0, 0.1) is 0 Å². The molecule has 0 spiro atoms. The lowest BCUT2D eigenvalue weighted by Crippen LogP contribution is -2.17. The van der Waals surface area contributed by atoms with Gasteiger partial charge in [0, 0.05) is 11.1 Å². The van der Waals surface area contributed by atoms with Crippen molar-refractivity contribution in [2.45, 2.75) is 0 Å². The zero-order valence-corrected chi connectivity index (χ0v) is 20.0. The number of hydrogen-bond donors (Lipinski definition) is 1. The number of carbonyl (C=O) groups is 2. The van der Waals surface area contributed by atoms with Crippen molar-refractivity contribution < 1.29 is 33.3 Å². The first-order valence-electron chi connectivity index (χ1n) is 11.3. The highest BCUT2D eigenvalue weighted by Gasteiger charge is 2.17. The van der Waals surface area contributed by atoms with E-state index in [4.69, 9.17) is 23.7 Å². The van der Waals surface area contributed by atoms with Crippen LogP contribution in [0.25, 0.3) is 10.8 Å². The van der Waals surface area contributed by atoms with Gasteiger partial charge in [-0.15, -0.1) is 0 Å². The summed E-state index contributed by atoms with van der Waals surface area (Å²) in [5.41, 5.74) is 3.68. The third-order valence-corrected chi connectivity index (χ3v) is 5.75. The molecule has 0 atom stereocenters. The fourth-order valence-electron chi connectivity index (χ4n) is 3.88.